The van der Waals surface area contributed by atoms with Crippen molar-refractivity contribution in [3.05, 3.63) is 53.9 Å². The minimum atomic E-state index is -0.788. The van der Waals surface area contributed by atoms with Crippen LogP contribution in [0, 0.1) is 6.92 Å². The number of dihydropyridines is 1. The molecule has 1 aromatic carbocycles. The van der Waals surface area contributed by atoms with E-state index in [2.05, 4.69) is 10.6 Å². The minimum absolute atomic E-state index is 0.109. The van der Waals surface area contributed by atoms with E-state index in [0.717, 1.165) is 5.75 Å². The Morgan fingerprint density at radius 1 is 1.32 bits per heavy atom. The lowest BCUT2D eigenvalue weighted by molar-refractivity contribution is -0.124. The monoisotopic (exact) mass is 258 g/mol. The molecule has 19 heavy (non-hydrogen) atoms. The van der Waals surface area contributed by atoms with Crippen LogP contribution in [0.1, 0.15) is 12.5 Å². The molecule has 1 aliphatic heterocycles. The number of carbonyl (C=O) groups excluding carboxylic acids is 1. The van der Waals surface area contributed by atoms with Crippen molar-refractivity contribution in [2.75, 3.05) is 7.05 Å². The molecule has 4 nitrogen and oxygen atoms in total. The molecule has 0 saturated carbocycles. The van der Waals surface area contributed by atoms with Gasteiger partial charge in [0.15, 0.2) is 0 Å². The molecule has 2 N–H and O–H groups in total. The number of hydrogen-bond acceptors (Lipinski definition) is 3. The van der Waals surface area contributed by atoms with Crippen molar-refractivity contribution in [1.82, 2.24) is 10.6 Å². The lowest BCUT2D eigenvalue weighted by Gasteiger charge is -2.28. The molecule has 1 aliphatic rings. The van der Waals surface area contributed by atoms with E-state index in [9.17, 15) is 4.79 Å². The quantitative estimate of drug-likeness (QED) is 0.870. The Hall–Kier alpha value is -2.23. The van der Waals surface area contributed by atoms with Crippen molar-refractivity contribution in [3.63, 3.8) is 0 Å². The van der Waals surface area contributed by atoms with Gasteiger partial charge in [-0.3, -0.25) is 4.79 Å². The maximum atomic E-state index is 11.8. The lowest BCUT2D eigenvalue weighted by Crippen LogP contribution is -2.51. The Bertz CT molecular complexity index is 532. The molecule has 4 heteroatoms. The molecule has 0 bridgehead atoms. The highest BCUT2D eigenvalue weighted by molar-refractivity contribution is 5.88. The number of nitrogens with one attached hydrogen (secondary N) is 2. The standard InChI is InChI=1S/C15H18N2O2/c1-11-4-6-12(7-5-11)19-13-8-9-17-15(2,10-13)14(18)16-3/h4-10,17H,1-3H3,(H,16,18). The molecule has 0 aromatic heterocycles. The number of aryl methyl sites for hydroxylation is 1. The molecule has 0 radical (unpaired) electrons. The first-order valence-corrected chi connectivity index (χ1v) is 6.17. The third kappa shape index (κ3) is 2.96. The van der Waals surface area contributed by atoms with Gasteiger partial charge in [0.05, 0.1) is 0 Å². The zero-order chi connectivity index (χ0) is 13.9. The maximum absolute atomic E-state index is 11.8. The zero-order valence-electron chi connectivity index (χ0n) is 11.4. The summed E-state index contributed by atoms with van der Waals surface area (Å²) in [4.78, 5) is 11.8. The van der Waals surface area contributed by atoms with Gasteiger partial charge in [-0.05, 0) is 38.1 Å². The summed E-state index contributed by atoms with van der Waals surface area (Å²) in [5.74, 6) is 1.29. The van der Waals surface area contributed by atoms with Gasteiger partial charge >= 0.3 is 0 Å². The Balaban J connectivity index is 2.18. The summed E-state index contributed by atoms with van der Waals surface area (Å²) < 4.78 is 5.75. The van der Waals surface area contributed by atoms with Gasteiger partial charge in [-0.2, -0.15) is 0 Å². The van der Waals surface area contributed by atoms with Crippen LogP contribution in [0.5, 0.6) is 5.75 Å². The van der Waals surface area contributed by atoms with Gasteiger partial charge in [-0.15, -0.1) is 0 Å². The van der Waals surface area contributed by atoms with Gasteiger partial charge in [-0.25, -0.2) is 0 Å². The third-order valence-corrected chi connectivity index (χ3v) is 3.02. The van der Waals surface area contributed by atoms with Crippen molar-refractivity contribution in [1.29, 1.82) is 0 Å². The predicted molar refractivity (Wildman–Crippen MR) is 74.6 cm³/mol. The second kappa shape index (κ2) is 5.18. The van der Waals surface area contributed by atoms with Gasteiger partial charge in [0.2, 0.25) is 5.91 Å². The highest BCUT2D eigenvalue weighted by atomic mass is 16.5. The van der Waals surface area contributed by atoms with Gasteiger partial charge in [-0.1, -0.05) is 17.7 Å². The van der Waals surface area contributed by atoms with Crippen LogP contribution in [-0.2, 0) is 4.79 Å². The number of ether oxygens (including phenoxy) is 1. The Kier molecular flexibility index (Phi) is 3.60. The average molecular weight is 258 g/mol. The van der Waals surface area contributed by atoms with Crippen molar-refractivity contribution in [2.24, 2.45) is 0 Å². The second-order valence-corrected chi connectivity index (χ2v) is 4.72. The highest BCUT2D eigenvalue weighted by Gasteiger charge is 2.31. The summed E-state index contributed by atoms with van der Waals surface area (Å²) in [6, 6.07) is 7.78. The van der Waals surface area contributed by atoms with Crippen LogP contribution in [-0.4, -0.2) is 18.5 Å². The van der Waals surface area contributed by atoms with Gasteiger partial charge in [0, 0.05) is 13.2 Å². The smallest absolute Gasteiger partial charge is 0.249 e. The molecular weight excluding hydrogens is 240 g/mol. The summed E-state index contributed by atoms with van der Waals surface area (Å²) in [6.07, 6.45) is 5.29. The van der Waals surface area contributed by atoms with Crippen molar-refractivity contribution >= 4 is 5.91 Å². The van der Waals surface area contributed by atoms with Crippen LogP contribution in [0.4, 0.5) is 0 Å². The lowest BCUT2D eigenvalue weighted by atomic mass is 9.98. The molecule has 1 atom stereocenters. The van der Waals surface area contributed by atoms with E-state index in [1.807, 2.05) is 31.2 Å². The molecule has 0 aliphatic carbocycles. The zero-order valence-corrected chi connectivity index (χ0v) is 11.4. The minimum Gasteiger partial charge on any atom is -0.458 e. The number of hydrogen-bond donors (Lipinski definition) is 2. The number of benzene rings is 1. The number of carbonyl (C=O) groups is 1. The fraction of sp³-hybridized carbons (Fsp3) is 0.267. The first kappa shape index (κ1) is 13.2. The van der Waals surface area contributed by atoms with Gasteiger partial charge in [0.25, 0.3) is 0 Å². The van der Waals surface area contributed by atoms with E-state index >= 15 is 0 Å². The third-order valence-electron chi connectivity index (χ3n) is 3.02. The predicted octanol–water partition coefficient (Wildman–Crippen LogP) is 1.88. The summed E-state index contributed by atoms with van der Waals surface area (Å²) in [6.45, 7) is 3.82. The Labute approximate surface area is 113 Å². The normalized spacial score (nSPS) is 21.3. The van der Waals surface area contributed by atoms with E-state index in [4.69, 9.17) is 4.74 Å². The summed E-state index contributed by atoms with van der Waals surface area (Å²) >= 11 is 0. The number of allylic oxidation sites excluding steroid dienone is 1. The van der Waals surface area contributed by atoms with Crippen LogP contribution in [0.2, 0.25) is 0 Å². The van der Waals surface area contributed by atoms with Crippen molar-refractivity contribution in [3.8, 4) is 5.75 Å². The van der Waals surface area contributed by atoms with E-state index in [-0.39, 0.29) is 5.91 Å². The van der Waals surface area contributed by atoms with Crippen LogP contribution in [0.15, 0.2) is 48.4 Å². The fourth-order valence-electron chi connectivity index (χ4n) is 1.87. The van der Waals surface area contributed by atoms with E-state index in [1.165, 1.54) is 5.56 Å². The topological polar surface area (TPSA) is 50.4 Å². The molecule has 0 spiro atoms. The van der Waals surface area contributed by atoms with E-state index < -0.39 is 5.54 Å². The van der Waals surface area contributed by atoms with Crippen LogP contribution < -0.4 is 15.4 Å². The molecule has 1 unspecified atom stereocenters. The van der Waals surface area contributed by atoms with E-state index in [0.29, 0.717) is 5.76 Å². The first-order chi connectivity index (χ1) is 9.03. The number of rotatable bonds is 3. The largest absolute Gasteiger partial charge is 0.458 e. The molecule has 1 aromatic rings. The molecule has 0 saturated heterocycles. The van der Waals surface area contributed by atoms with Crippen molar-refractivity contribution in [2.45, 2.75) is 19.4 Å². The summed E-state index contributed by atoms with van der Waals surface area (Å²) in [5, 5.41) is 5.65. The Morgan fingerprint density at radius 2 is 2.00 bits per heavy atom. The number of amides is 1. The molecule has 0 fully saturated rings. The Morgan fingerprint density at radius 3 is 2.63 bits per heavy atom. The van der Waals surface area contributed by atoms with Gasteiger partial charge in [0.1, 0.15) is 17.0 Å². The van der Waals surface area contributed by atoms with Crippen LogP contribution in [0.25, 0.3) is 0 Å². The maximum Gasteiger partial charge on any atom is 0.249 e. The number of likely N-dealkylation sites (N-methyl/N-ethyl adjacent to an activating group) is 1. The van der Waals surface area contributed by atoms with E-state index in [1.54, 1.807) is 32.3 Å². The molecular formula is C15H18N2O2. The van der Waals surface area contributed by atoms with Crippen molar-refractivity contribution < 1.29 is 9.53 Å². The molecule has 100 valence electrons. The fourth-order valence-corrected chi connectivity index (χ4v) is 1.87. The summed E-state index contributed by atoms with van der Waals surface area (Å²) in [5.41, 5.74) is 0.390. The van der Waals surface area contributed by atoms with Gasteiger partial charge < -0.3 is 15.4 Å². The highest BCUT2D eigenvalue weighted by Crippen LogP contribution is 2.20. The molecule has 1 amide bonds. The molecule has 1 heterocycles. The van der Waals surface area contributed by atoms with Crippen LogP contribution in [0.3, 0.4) is 0 Å². The second-order valence-electron chi connectivity index (χ2n) is 4.72. The summed E-state index contributed by atoms with van der Waals surface area (Å²) in [7, 11) is 1.61. The first-order valence-electron chi connectivity index (χ1n) is 6.17. The SMILES string of the molecule is CNC(=O)C1(C)C=C(Oc2ccc(C)cc2)C=CN1. The molecule has 2 rings (SSSR count). The van der Waals surface area contributed by atoms with Crippen LogP contribution >= 0.6 is 0 Å². The average Bonchev–Trinajstić information content (AvgIpc) is 2.40.